The minimum atomic E-state index is -2.73. The van der Waals surface area contributed by atoms with Gasteiger partial charge in [0.05, 0.1) is 11.3 Å². The van der Waals surface area contributed by atoms with Crippen LogP contribution in [0.2, 0.25) is 0 Å². The molecule has 0 unspecified atom stereocenters. The van der Waals surface area contributed by atoms with Gasteiger partial charge in [-0.15, -0.1) is 0 Å². The molecular formula is C5H11NO4. The quantitative estimate of drug-likeness (QED) is 0.337. The van der Waals surface area contributed by atoms with Gasteiger partial charge in [0.2, 0.25) is 0 Å². The summed E-state index contributed by atoms with van der Waals surface area (Å²) in [5, 5.41) is 27.0. The number of rotatable bonds is 4. The summed E-state index contributed by atoms with van der Waals surface area (Å²) in [6.07, 6.45) is 0.932. The Morgan fingerprint density at radius 3 is 2.40 bits per heavy atom. The Balaban J connectivity index is 3.75. The van der Waals surface area contributed by atoms with E-state index < -0.39 is 10.8 Å². The van der Waals surface area contributed by atoms with E-state index in [4.69, 9.17) is 10.2 Å². The van der Waals surface area contributed by atoms with Crippen molar-refractivity contribution in [1.29, 1.82) is 0 Å². The molecule has 0 heterocycles. The molecule has 10 heavy (non-hydrogen) atoms. The number of hydrogen-bond donors (Lipinski definition) is 2. The lowest BCUT2D eigenvalue weighted by molar-refractivity contribution is -0.684. The van der Waals surface area contributed by atoms with Gasteiger partial charge in [-0.2, -0.15) is 0 Å². The highest BCUT2D eigenvalue weighted by Crippen LogP contribution is 2.10. The van der Waals surface area contributed by atoms with Crippen LogP contribution in [0, 0.1) is 10.1 Å². The second kappa shape index (κ2) is 3.48. The maximum atomic E-state index is 9.83. The number of hydrogen-bond acceptors (Lipinski definition) is 4. The van der Waals surface area contributed by atoms with E-state index in [9.17, 15) is 10.1 Å². The Labute approximate surface area is 58.4 Å². The van der Waals surface area contributed by atoms with Crippen molar-refractivity contribution in [3.8, 4) is 0 Å². The molecule has 0 radical (unpaired) electrons. The standard InChI is InChI=1S/C5H11NO4/c1-2-3-4-5(7,8)6(9)10/h7-8H,2-4H2,1H3. The van der Waals surface area contributed by atoms with Crippen molar-refractivity contribution in [2.75, 3.05) is 0 Å². The molecule has 2 N–H and O–H groups in total. The molecule has 0 saturated heterocycles. The predicted molar refractivity (Wildman–Crippen MR) is 33.7 cm³/mol. The minimum Gasteiger partial charge on any atom is -0.307 e. The highest BCUT2D eigenvalue weighted by molar-refractivity contribution is 4.48. The Kier molecular flexibility index (Phi) is 3.24. The van der Waals surface area contributed by atoms with Crippen LogP contribution >= 0.6 is 0 Å². The normalized spacial score (nSPS) is 11.5. The van der Waals surface area contributed by atoms with Gasteiger partial charge in [-0.05, 0) is 6.42 Å². The van der Waals surface area contributed by atoms with Crippen LogP contribution in [0.3, 0.4) is 0 Å². The maximum Gasteiger partial charge on any atom is 0.437 e. The zero-order chi connectivity index (χ0) is 8.20. The first-order valence-electron chi connectivity index (χ1n) is 3.10. The zero-order valence-electron chi connectivity index (χ0n) is 5.78. The maximum absolute atomic E-state index is 9.83. The Bertz CT molecular complexity index is 123. The van der Waals surface area contributed by atoms with E-state index in [0.29, 0.717) is 12.8 Å². The average molecular weight is 149 g/mol. The highest BCUT2D eigenvalue weighted by Gasteiger charge is 2.36. The van der Waals surface area contributed by atoms with Crippen molar-refractivity contribution in [2.45, 2.75) is 32.1 Å². The summed E-state index contributed by atoms with van der Waals surface area (Å²) in [5.74, 6) is -2.73. The lowest BCUT2D eigenvalue weighted by Gasteiger charge is -2.10. The molecule has 5 heteroatoms. The first kappa shape index (κ1) is 9.32. The number of nitrogens with zero attached hydrogens (tertiary/aromatic N) is 1. The fraction of sp³-hybridized carbons (Fsp3) is 1.00. The number of nitro groups is 1. The predicted octanol–water partition coefficient (Wildman–Crippen LogP) is 0.0917. The third kappa shape index (κ3) is 2.75. The molecule has 0 bridgehead atoms. The van der Waals surface area contributed by atoms with Gasteiger partial charge in [-0.1, -0.05) is 13.3 Å². The summed E-state index contributed by atoms with van der Waals surface area (Å²) in [6, 6.07) is 0. The van der Waals surface area contributed by atoms with E-state index in [1.807, 2.05) is 6.92 Å². The Hall–Kier alpha value is -0.680. The van der Waals surface area contributed by atoms with Gasteiger partial charge >= 0.3 is 5.91 Å². The van der Waals surface area contributed by atoms with Crippen LogP contribution < -0.4 is 0 Å². The first-order chi connectivity index (χ1) is 4.50. The van der Waals surface area contributed by atoms with E-state index in [-0.39, 0.29) is 6.42 Å². The van der Waals surface area contributed by atoms with Gasteiger partial charge in [0.1, 0.15) is 0 Å². The molecule has 0 aliphatic carbocycles. The molecule has 0 rings (SSSR count). The van der Waals surface area contributed by atoms with Crippen molar-refractivity contribution in [3.63, 3.8) is 0 Å². The molecule has 0 aromatic carbocycles. The van der Waals surface area contributed by atoms with Gasteiger partial charge in [-0.25, -0.2) is 0 Å². The van der Waals surface area contributed by atoms with Gasteiger partial charge in [0.15, 0.2) is 0 Å². The van der Waals surface area contributed by atoms with Crippen LogP contribution in [0.5, 0.6) is 0 Å². The monoisotopic (exact) mass is 149 g/mol. The number of unbranched alkanes of at least 4 members (excludes halogenated alkanes) is 1. The largest absolute Gasteiger partial charge is 0.437 e. The molecule has 0 fully saturated rings. The fourth-order valence-corrected chi connectivity index (χ4v) is 0.505. The lowest BCUT2D eigenvalue weighted by atomic mass is 10.2. The van der Waals surface area contributed by atoms with Crippen molar-refractivity contribution >= 4 is 0 Å². The Morgan fingerprint density at radius 2 is 2.10 bits per heavy atom. The summed E-state index contributed by atoms with van der Waals surface area (Å²) in [6.45, 7) is 1.82. The first-order valence-corrected chi connectivity index (χ1v) is 3.10. The molecule has 0 saturated carbocycles. The highest BCUT2D eigenvalue weighted by atomic mass is 16.7. The van der Waals surface area contributed by atoms with Crippen molar-refractivity contribution in [2.24, 2.45) is 0 Å². The van der Waals surface area contributed by atoms with Crippen LogP contribution in [0.25, 0.3) is 0 Å². The third-order valence-electron chi connectivity index (χ3n) is 1.16. The molecule has 0 atom stereocenters. The van der Waals surface area contributed by atoms with Gasteiger partial charge in [0, 0.05) is 0 Å². The summed E-state index contributed by atoms with van der Waals surface area (Å²) in [7, 11) is 0. The lowest BCUT2D eigenvalue weighted by Crippen LogP contribution is -2.37. The van der Waals surface area contributed by atoms with E-state index in [1.165, 1.54) is 0 Å². The molecule has 0 spiro atoms. The smallest absolute Gasteiger partial charge is 0.307 e. The summed E-state index contributed by atoms with van der Waals surface area (Å²) in [5.41, 5.74) is 0. The second-order valence-corrected chi connectivity index (χ2v) is 2.14. The zero-order valence-corrected chi connectivity index (χ0v) is 5.78. The summed E-state index contributed by atoms with van der Waals surface area (Å²) >= 11 is 0. The van der Waals surface area contributed by atoms with Crippen LogP contribution in [-0.2, 0) is 0 Å². The topological polar surface area (TPSA) is 83.6 Å². The van der Waals surface area contributed by atoms with Gasteiger partial charge in [-0.3, -0.25) is 10.1 Å². The molecule has 60 valence electrons. The Morgan fingerprint density at radius 1 is 1.60 bits per heavy atom. The molecule has 5 nitrogen and oxygen atoms in total. The molecule has 0 aromatic heterocycles. The van der Waals surface area contributed by atoms with Crippen LogP contribution in [-0.4, -0.2) is 21.0 Å². The van der Waals surface area contributed by atoms with Gasteiger partial charge in [0.25, 0.3) is 0 Å². The number of aliphatic hydroxyl groups is 2. The molecule has 0 amide bonds. The SMILES string of the molecule is CCCCC(O)(O)[N+](=O)[O-]. The van der Waals surface area contributed by atoms with Crippen molar-refractivity contribution < 1.29 is 15.1 Å². The van der Waals surface area contributed by atoms with Crippen LogP contribution in [0.4, 0.5) is 0 Å². The van der Waals surface area contributed by atoms with Gasteiger partial charge < -0.3 is 10.2 Å². The van der Waals surface area contributed by atoms with E-state index in [0.717, 1.165) is 0 Å². The molecule has 0 aliphatic rings. The van der Waals surface area contributed by atoms with E-state index in [2.05, 4.69) is 0 Å². The van der Waals surface area contributed by atoms with Crippen molar-refractivity contribution in [3.05, 3.63) is 10.1 Å². The molecule has 0 aromatic rings. The van der Waals surface area contributed by atoms with Crippen molar-refractivity contribution in [1.82, 2.24) is 0 Å². The van der Waals surface area contributed by atoms with Crippen LogP contribution in [0.15, 0.2) is 0 Å². The second-order valence-electron chi connectivity index (χ2n) is 2.14. The third-order valence-corrected chi connectivity index (χ3v) is 1.16. The fourth-order valence-electron chi connectivity index (χ4n) is 0.505. The van der Waals surface area contributed by atoms with E-state index >= 15 is 0 Å². The summed E-state index contributed by atoms with van der Waals surface area (Å²) < 4.78 is 0. The summed E-state index contributed by atoms with van der Waals surface area (Å²) in [4.78, 5) is 8.74. The average Bonchev–Trinajstić information content (AvgIpc) is 1.84. The van der Waals surface area contributed by atoms with E-state index in [1.54, 1.807) is 0 Å². The molecule has 0 aliphatic heterocycles. The minimum absolute atomic E-state index is 0.212. The molecular weight excluding hydrogens is 138 g/mol. The van der Waals surface area contributed by atoms with Crippen LogP contribution in [0.1, 0.15) is 26.2 Å².